The summed E-state index contributed by atoms with van der Waals surface area (Å²) >= 11 is 1.47. The third-order valence-corrected chi connectivity index (χ3v) is 5.65. The quantitative estimate of drug-likeness (QED) is 0.421. The lowest BCUT2D eigenvalue weighted by Crippen LogP contribution is -2.34. The van der Waals surface area contributed by atoms with Crippen LogP contribution in [0.25, 0.3) is 10.2 Å². The first-order valence-corrected chi connectivity index (χ1v) is 10.4. The fourth-order valence-electron chi connectivity index (χ4n) is 2.96. The van der Waals surface area contributed by atoms with Crippen molar-refractivity contribution in [1.82, 2.24) is 9.97 Å². The number of hydrogen-bond donors (Lipinski definition) is 0. The van der Waals surface area contributed by atoms with E-state index in [4.69, 9.17) is 4.74 Å². The average molecular weight is 421 g/mol. The highest BCUT2D eigenvalue weighted by Gasteiger charge is 2.21. The number of nitrogens with zero attached hydrogens (tertiary/aromatic N) is 3. The third-order valence-electron chi connectivity index (χ3n) is 4.60. The lowest BCUT2D eigenvalue weighted by Gasteiger charge is -2.19. The highest BCUT2D eigenvalue weighted by Crippen LogP contribution is 2.30. The molecule has 2 aromatic carbocycles. The van der Waals surface area contributed by atoms with Crippen molar-refractivity contribution in [2.75, 3.05) is 11.5 Å². The maximum atomic E-state index is 13.1. The maximum Gasteiger partial charge on any atom is 0.267 e. The lowest BCUT2D eigenvalue weighted by molar-refractivity contribution is -0.120. The standard InChI is InChI=1S/C23H20FN3O2S/c1-2-16-6-11-20-21(13-16)30-23(26-20)27(14-18-5-3-4-12-25-18)22(28)15-29-19-9-7-17(24)8-10-19/h3-13H,2,14-15H2,1H3. The number of hydrogen-bond acceptors (Lipinski definition) is 5. The molecule has 0 aliphatic heterocycles. The van der Waals surface area contributed by atoms with Crippen molar-refractivity contribution >= 4 is 32.6 Å². The monoisotopic (exact) mass is 421 g/mol. The number of benzene rings is 2. The summed E-state index contributed by atoms with van der Waals surface area (Å²) in [5, 5.41) is 0.594. The van der Waals surface area contributed by atoms with Gasteiger partial charge in [0.1, 0.15) is 11.6 Å². The molecule has 0 saturated heterocycles. The highest BCUT2D eigenvalue weighted by atomic mass is 32.1. The van der Waals surface area contributed by atoms with Gasteiger partial charge >= 0.3 is 0 Å². The zero-order valence-electron chi connectivity index (χ0n) is 16.4. The first-order chi connectivity index (χ1) is 14.6. The number of thiazole rings is 1. The molecule has 2 aromatic heterocycles. The molecule has 0 fully saturated rings. The van der Waals surface area contributed by atoms with Crippen LogP contribution in [0.3, 0.4) is 0 Å². The van der Waals surface area contributed by atoms with Crippen LogP contribution < -0.4 is 9.64 Å². The van der Waals surface area contributed by atoms with Crippen molar-refractivity contribution in [1.29, 1.82) is 0 Å². The molecule has 2 heterocycles. The molecule has 30 heavy (non-hydrogen) atoms. The second-order valence-electron chi connectivity index (χ2n) is 6.70. The van der Waals surface area contributed by atoms with E-state index in [1.54, 1.807) is 11.1 Å². The predicted molar refractivity (Wildman–Crippen MR) is 116 cm³/mol. The second kappa shape index (κ2) is 9.00. The summed E-state index contributed by atoms with van der Waals surface area (Å²) in [6, 6.07) is 17.3. The number of anilines is 1. The molecule has 152 valence electrons. The Morgan fingerprint density at radius 3 is 2.70 bits per heavy atom. The molecule has 0 bridgehead atoms. The van der Waals surface area contributed by atoms with Gasteiger partial charge in [-0.2, -0.15) is 0 Å². The minimum Gasteiger partial charge on any atom is -0.484 e. The molecule has 0 aliphatic rings. The second-order valence-corrected chi connectivity index (χ2v) is 7.70. The summed E-state index contributed by atoms with van der Waals surface area (Å²) in [6.07, 6.45) is 2.63. The average Bonchev–Trinajstić information content (AvgIpc) is 3.20. The molecule has 0 unspecified atom stereocenters. The van der Waals surface area contributed by atoms with Gasteiger partial charge in [-0.05, 0) is 60.5 Å². The van der Waals surface area contributed by atoms with Crippen LogP contribution in [-0.4, -0.2) is 22.5 Å². The van der Waals surface area contributed by atoms with Crippen molar-refractivity contribution in [2.24, 2.45) is 0 Å². The van der Waals surface area contributed by atoms with Gasteiger partial charge in [0.25, 0.3) is 5.91 Å². The summed E-state index contributed by atoms with van der Waals surface area (Å²) < 4.78 is 19.7. The number of aryl methyl sites for hydroxylation is 1. The van der Waals surface area contributed by atoms with Crippen molar-refractivity contribution in [3.05, 3.63) is 83.9 Å². The number of carbonyl (C=O) groups excluding carboxylic acids is 1. The molecule has 4 aromatic rings. The largest absolute Gasteiger partial charge is 0.484 e. The van der Waals surface area contributed by atoms with Crippen LogP contribution in [0.2, 0.25) is 0 Å². The van der Waals surface area contributed by atoms with Gasteiger partial charge in [0, 0.05) is 6.20 Å². The van der Waals surface area contributed by atoms with E-state index in [0.29, 0.717) is 10.9 Å². The normalized spacial score (nSPS) is 10.9. The van der Waals surface area contributed by atoms with Gasteiger partial charge in [-0.15, -0.1) is 0 Å². The number of aromatic nitrogens is 2. The van der Waals surface area contributed by atoms with E-state index in [1.807, 2.05) is 30.3 Å². The summed E-state index contributed by atoms with van der Waals surface area (Å²) in [4.78, 5) is 23.6. The van der Waals surface area contributed by atoms with E-state index >= 15 is 0 Å². The molecule has 0 radical (unpaired) electrons. The van der Waals surface area contributed by atoms with E-state index in [1.165, 1.54) is 41.2 Å². The van der Waals surface area contributed by atoms with Gasteiger partial charge in [0.15, 0.2) is 11.7 Å². The molecule has 0 N–H and O–H groups in total. The number of rotatable bonds is 7. The topological polar surface area (TPSA) is 55.3 Å². The number of pyridine rings is 1. The van der Waals surface area contributed by atoms with Crippen LogP contribution in [0.1, 0.15) is 18.2 Å². The highest BCUT2D eigenvalue weighted by molar-refractivity contribution is 7.22. The van der Waals surface area contributed by atoms with Crippen LogP contribution in [0, 0.1) is 5.82 Å². The molecule has 7 heteroatoms. The van der Waals surface area contributed by atoms with Crippen LogP contribution in [0.5, 0.6) is 5.75 Å². The van der Waals surface area contributed by atoms with Crippen LogP contribution in [0.4, 0.5) is 9.52 Å². The number of fused-ring (bicyclic) bond motifs is 1. The van der Waals surface area contributed by atoms with E-state index in [-0.39, 0.29) is 24.9 Å². The Morgan fingerprint density at radius 1 is 1.13 bits per heavy atom. The maximum absolute atomic E-state index is 13.1. The molecule has 1 amide bonds. The molecular formula is C23H20FN3O2S. The summed E-state index contributed by atoms with van der Waals surface area (Å²) in [6.45, 7) is 2.20. The molecule has 4 rings (SSSR count). The molecule has 0 spiro atoms. The van der Waals surface area contributed by atoms with Gasteiger partial charge in [-0.1, -0.05) is 30.4 Å². The van der Waals surface area contributed by atoms with Crippen molar-refractivity contribution in [3.63, 3.8) is 0 Å². The molecule has 5 nitrogen and oxygen atoms in total. The van der Waals surface area contributed by atoms with E-state index in [9.17, 15) is 9.18 Å². The Hall–Kier alpha value is -3.32. The van der Waals surface area contributed by atoms with Crippen LogP contribution >= 0.6 is 11.3 Å². The Bertz CT molecular complexity index is 1150. The summed E-state index contributed by atoms with van der Waals surface area (Å²) in [7, 11) is 0. The number of carbonyl (C=O) groups is 1. The fraction of sp³-hybridized carbons (Fsp3) is 0.174. The minimum atomic E-state index is -0.355. The minimum absolute atomic E-state index is 0.186. The van der Waals surface area contributed by atoms with E-state index < -0.39 is 0 Å². The Balaban J connectivity index is 1.60. The van der Waals surface area contributed by atoms with Gasteiger partial charge in [-0.25, -0.2) is 9.37 Å². The first kappa shape index (κ1) is 20.0. The zero-order valence-corrected chi connectivity index (χ0v) is 17.2. The Kier molecular flexibility index (Phi) is 5.99. The molecular weight excluding hydrogens is 401 g/mol. The van der Waals surface area contributed by atoms with Gasteiger partial charge < -0.3 is 4.74 Å². The predicted octanol–water partition coefficient (Wildman–Crippen LogP) is 5.01. The number of halogens is 1. The summed E-state index contributed by atoms with van der Waals surface area (Å²) in [5.74, 6) is -0.175. The Labute approximate surface area is 177 Å². The van der Waals surface area contributed by atoms with Crippen molar-refractivity contribution < 1.29 is 13.9 Å². The SMILES string of the molecule is CCc1ccc2nc(N(Cc3ccccn3)C(=O)COc3ccc(F)cc3)sc2c1. The van der Waals surface area contributed by atoms with Crippen molar-refractivity contribution in [3.8, 4) is 5.75 Å². The number of ether oxygens (including phenoxy) is 1. The fourth-order valence-corrected chi connectivity index (χ4v) is 4.01. The van der Waals surface area contributed by atoms with Crippen molar-refractivity contribution in [2.45, 2.75) is 19.9 Å². The Morgan fingerprint density at radius 2 is 1.97 bits per heavy atom. The summed E-state index contributed by atoms with van der Waals surface area (Å²) in [5.41, 5.74) is 2.83. The van der Waals surface area contributed by atoms with Gasteiger partial charge in [-0.3, -0.25) is 14.7 Å². The molecule has 0 saturated carbocycles. The number of amides is 1. The van der Waals surface area contributed by atoms with Crippen LogP contribution in [0.15, 0.2) is 66.9 Å². The van der Waals surface area contributed by atoms with Gasteiger partial charge in [0.05, 0.1) is 22.5 Å². The first-order valence-electron chi connectivity index (χ1n) is 9.60. The zero-order chi connectivity index (χ0) is 20.9. The van der Waals surface area contributed by atoms with E-state index in [0.717, 1.165) is 22.3 Å². The lowest BCUT2D eigenvalue weighted by atomic mass is 10.2. The molecule has 0 aliphatic carbocycles. The third kappa shape index (κ3) is 4.63. The van der Waals surface area contributed by atoms with Crippen LogP contribution in [-0.2, 0) is 17.8 Å². The smallest absolute Gasteiger partial charge is 0.267 e. The molecule has 0 atom stereocenters. The van der Waals surface area contributed by atoms with E-state index in [2.05, 4.69) is 23.0 Å². The van der Waals surface area contributed by atoms with Gasteiger partial charge in [0.2, 0.25) is 0 Å².